The molecule has 3 rings (SSSR count). The maximum atomic E-state index is 5.90. The number of aromatic nitrogens is 2. The van der Waals surface area contributed by atoms with E-state index in [1.807, 2.05) is 17.5 Å². The fourth-order valence-corrected chi connectivity index (χ4v) is 3.18. The molecule has 0 atom stereocenters. The molecule has 0 spiro atoms. The molecule has 1 saturated heterocycles. The largest absolute Gasteiger partial charge is 0.372 e. The molecule has 102 valence electrons. The van der Waals surface area contributed by atoms with Crippen molar-refractivity contribution in [3.8, 4) is 0 Å². The summed E-state index contributed by atoms with van der Waals surface area (Å²) in [5.41, 5.74) is 0.987. The van der Waals surface area contributed by atoms with Crippen LogP contribution < -0.4 is 0 Å². The molecule has 1 aliphatic rings. The Morgan fingerprint density at radius 1 is 1.42 bits per heavy atom. The molecule has 0 unspecified atom stereocenters. The summed E-state index contributed by atoms with van der Waals surface area (Å²) in [6.07, 6.45) is 6.22. The van der Waals surface area contributed by atoms with Gasteiger partial charge in [0.05, 0.1) is 24.7 Å². The van der Waals surface area contributed by atoms with Gasteiger partial charge >= 0.3 is 0 Å². The lowest BCUT2D eigenvalue weighted by Crippen LogP contribution is -2.36. The van der Waals surface area contributed by atoms with E-state index in [2.05, 4.69) is 32.4 Å². The van der Waals surface area contributed by atoms with Crippen LogP contribution in [0.1, 0.15) is 23.4 Å². The van der Waals surface area contributed by atoms with E-state index in [0.29, 0.717) is 12.7 Å². The quantitative estimate of drug-likeness (QED) is 0.913. The average Bonchev–Trinajstić information content (AvgIpc) is 3.11. The molecule has 4 nitrogen and oxygen atoms in total. The Hall–Kier alpha value is -1.17. The van der Waals surface area contributed by atoms with Gasteiger partial charge in [-0.05, 0) is 24.3 Å². The van der Waals surface area contributed by atoms with Gasteiger partial charge in [0.15, 0.2) is 0 Å². The summed E-state index contributed by atoms with van der Waals surface area (Å²) in [7, 11) is 0. The second-order valence-electron chi connectivity index (χ2n) is 4.93. The van der Waals surface area contributed by atoms with Gasteiger partial charge in [0.2, 0.25) is 0 Å². The minimum atomic E-state index is 0.385. The maximum absolute atomic E-state index is 5.90. The highest BCUT2D eigenvalue weighted by atomic mass is 32.1. The first-order valence-electron chi connectivity index (χ1n) is 6.74. The molecule has 2 aromatic heterocycles. The van der Waals surface area contributed by atoms with Crippen LogP contribution in [0.25, 0.3) is 0 Å². The van der Waals surface area contributed by atoms with E-state index < -0.39 is 0 Å². The molecule has 5 heteroatoms. The van der Waals surface area contributed by atoms with Crippen molar-refractivity contribution >= 4 is 11.3 Å². The molecule has 3 heterocycles. The number of rotatable bonds is 5. The first-order chi connectivity index (χ1) is 9.40. The number of ether oxygens (including phenoxy) is 1. The van der Waals surface area contributed by atoms with Crippen LogP contribution in [0.4, 0.5) is 0 Å². The Morgan fingerprint density at radius 3 is 3.00 bits per heavy atom. The average molecular weight is 277 g/mol. The molecule has 0 aromatic carbocycles. The molecule has 0 aliphatic carbocycles. The summed E-state index contributed by atoms with van der Waals surface area (Å²) in [4.78, 5) is 11.1. The molecular formula is C14H19N3OS. The summed E-state index contributed by atoms with van der Waals surface area (Å²) < 4.78 is 5.90. The third-order valence-corrected chi connectivity index (χ3v) is 4.38. The molecule has 1 N–H and O–H groups in total. The number of thiophene rings is 1. The van der Waals surface area contributed by atoms with Crippen LogP contribution in [-0.4, -0.2) is 34.1 Å². The molecular weight excluding hydrogens is 258 g/mol. The zero-order chi connectivity index (χ0) is 12.9. The molecule has 0 amide bonds. The van der Waals surface area contributed by atoms with E-state index in [4.69, 9.17) is 4.74 Å². The van der Waals surface area contributed by atoms with Gasteiger partial charge in [0.1, 0.15) is 0 Å². The minimum Gasteiger partial charge on any atom is -0.372 e. The van der Waals surface area contributed by atoms with Gasteiger partial charge in [-0.25, -0.2) is 4.98 Å². The third kappa shape index (κ3) is 3.65. The number of hydrogen-bond donors (Lipinski definition) is 1. The summed E-state index contributed by atoms with van der Waals surface area (Å²) in [5, 5.41) is 2.15. The number of nitrogens with zero attached hydrogens (tertiary/aromatic N) is 2. The standard InChI is InChI=1S/C14H19N3OS/c1-2-14(19-7-1)9-17-5-3-13(4-6-17)18-10-12-8-15-11-16-12/h1-2,7-8,11,13H,3-6,9-10H2,(H,15,16). The minimum absolute atomic E-state index is 0.385. The van der Waals surface area contributed by atoms with Gasteiger partial charge in [-0.1, -0.05) is 6.07 Å². The monoisotopic (exact) mass is 277 g/mol. The van der Waals surface area contributed by atoms with E-state index >= 15 is 0 Å². The Morgan fingerprint density at radius 2 is 2.32 bits per heavy atom. The highest BCUT2D eigenvalue weighted by molar-refractivity contribution is 7.09. The smallest absolute Gasteiger partial charge is 0.0924 e. The Bertz CT molecular complexity index is 461. The van der Waals surface area contributed by atoms with Crippen LogP contribution in [0.15, 0.2) is 30.0 Å². The van der Waals surface area contributed by atoms with Gasteiger partial charge in [0, 0.05) is 30.7 Å². The molecule has 1 fully saturated rings. The number of imidazole rings is 1. The first-order valence-corrected chi connectivity index (χ1v) is 7.62. The van der Waals surface area contributed by atoms with Crippen LogP contribution in [0.3, 0.4) is 0 Å². The van der Waals surface area contributed by atoms with Crippen LogP contribution in [0.5, 0.6) is 0 Å². The van der Waals surface area contributed by atoms with E-state index in [9.17, 15) is 0 Å². The molecule has 0 radical (unpaired) electrons. The van der Waals surface area contributed by atoms with E-state index in [0.717, 1.165) is 38.2 Å². The lowest BCUT2D eigenvalue weighted by atomic mass is 10.1. The van der Waals surface area contributed by atoms with Crippen molar-refractivity contribution in [1.29, 1.82) is 0 Å². The van der Waals surface area contributed by atoms with Gasteiger partial charge in [-0.15, -0.1) is 11.3 Å². The number of hydrogen-bond acceptors (Lipinski definition) is 4. The van der Waals surface area contributed by atoms with E-state index in [1.54, 1.807) is 6.33 Å². The lowest BCUT2D eigenvalue weighted by molar-refractivity contribution is -0.00493. The number of aromatic amines is 1. The molecule has 0 saturated carbocycles. The molecule has 19 heavy (non-hydrogen) atoms. The maximum Gasteiger partial charge on any atom is 0.0924 e. The zero-order valence-electron chi connectivity index (χ0n) is 10.9. The molecule has 1 aliphatic heterocycles. The van der Waals surface area contributed by atoms with Gasteiger partial charge in [-0.2, -0.15) is 0 Å². The lowest BCUT2D eigenvalue weighted by Gasteiger charge is -2.31. The summed E-state index contributed by atoms with van der Waals surface area (Å²) in [5.74, 6) is 0. The number of likely N-dealkylation sites (tertiary alicyclic amines) is 1. The topological polar surface area (TPSA) is 41.1 Å². The molecule has 2 aromatic rings. The second kappa shape index (κ2) is 6.32. The van der Waals surface area contributed by atoms with Gasteiger partial charge in [0.25, 0.3) is 0 Å². The number of nitrogens with one attached hydrogen (secondary N) is 1. The Kier molecular flexibility index (Phi) is 4.27. The van der Waals surface area contributed by atoms with E-state index in [-0.39, 0.29) is 0 Å². The van der Waals surface area contributed by atoms with Gasteiger partial charge in [-0.3, -0.25) is 4.90 Å². The molecule has 0 bridgehead atoms. The van der Waals surface area contributed by atoms with Crippen molar-refractivity contribution in [1.82, 2.24) is 14.9 Å². The summed E-state index contributed by atoms with van der Waals surface area (Å²) in [6.45, 7) is 3.97. The van der Waals surface area contributed by atoms with Gasteiger partial charge < -0.3 is 9.72 Å². The predicted molar refractivity (Wildman–Crippen MR) is 76.0 cm³/mol. The van der Waals surface area contributed by atoms with Crippen LogP contribution in [0, 0.1) is 0 Å². The predicted octanol–water partition coefficient (Wildman–Crippen LogP) is 2.65. The highest BCUT2D eigenvalue weighted by Crippen LogP contribution is 2.19. The normalized spacial score (nSPS) is 17.9. The van der Waals surface area contributed by atoms with Crippen molar-refractivity contribution in [2.45, 2.75) is 32.1 Å². The van der Waals surface area contributed by atoms with Crippen molar-refractivity contribution in [3.63, 3.8) is 0 Å². The van der Waals surface area contributed by atoms with Crippen LogP contribution in [-0.2, 0) is 17.9 Å². The number of H-pyrrole nitrogens is 1. The fourth-order valence-electron chi connectivity index (χ4n) is 2.43. The van der Waals surface area contributed by atoms with Crippen molar-refractivity contribution in [2.75, 3.05) is 13.1 Å². The summed E-state index contributed by atoms with van der Waals surface area (Å²) in [6, 6.07) is 4.34. The first kappa shape index (κ1) is 12.8. The summed E-state index contributed by atoms with van der Waals surface area (Å²) >= 11 is 1.84. The highest BCUT2D eigenvalue weighted by Gasteiger charge is 2.20. The fraction of sp³-hybridized carbons (Fsp3) is 0.500. The number of piperidine rings is 1. The van der Waals surface area contributed by atoms with Crippen molar-refractivity contribution in [3.05, 3.63) is 40.6 Å². The Labute approximate surface area is 117 Å². The van der Waals surface area contributed by atoms with Crippen LogP contribution in [0.2, 0.25) is 0 Å². The van der Waals surface area contributed by atoms with Crippen LogP contribution >= 0.6 is 11.3 Å². The third-order valence-electron chi connectivity index (χ3n) is 3.52. The van der Waals surface area contributed by atoms with Crippen molar-refractivity contribution < 1.29 is 4.74 Å². The Balaban J connectivity index is 1.39. The van der Waals surface area contributed by atoms with E-state index in [1.165, 1.54) is 4.88 Å². The SMILES string of the molecule is c1csc(CN2CCC(OCc3c[nH]cn3)CC2)c1. The zero-order valence-corrected chi connectivity index (χ0v) is 11.7. The second-order valence-corrected chi connectivity index (χ2v) is 5.96. The van der Waals surface area contributed by atoms with Crippen molar-refractivity contribution in [2.24, 2.45) is 0 Å².